The maximum atomic E-state index is 9.29. The molecule has 0 spiro atoms. The van der Waals surface area contributed by atoms with Gasteiger partial charge in [0.15, 0.2) is 0 Å². The van der Waals surface area contributed by atoms with Crippen molar-refractivity contribution in [3.05, 3.63) is 28.8 Å². The van der Waals surface area contributed by atoms with Crippen molar-refractivity contribution in [1.29, 1.82) is 0 Å². The van der Waals surface area contributed by atoms with Gasteiger partial charge in [0.1, 0.15) is 0 Å². The average molecular weight is 322 g/mol. The Bertz CT molecular complexity index is 513. The maximum absolute atomic E-state index is 9.29. The van der Waals surface area contributed by atoms with Crippen LogP contribution in [0.2, 0.25) is 18.1 Å². The van der Waals surface area contributed by atoms with Gasteiger partial charge in [0.05, 0.1) is 8.07 Å². The molecule has 2 N–H and O–H groups in total. The van der Waals surface area contributed by atoms with E-state index >= 15 is 0 Å². The predicted octanol–water partition coefficient (Wildman–Crippen LogP) is 5.13. The Morgan fingerprint density at radius 2 is 1.45 bits per heavy atom. The zero-order valence-electron chi connectivity index (χ0n) is 16.0. The van der Waals surface area contributed by atoms with Gasteiger partial charge < -0.3 is 5.21 Å². The first-order valence-electron chi connectivity index (χ1n) is 8.47. The molecule has 126 valence electrons. The van der Waals surface area contributed by atoms with Crippen molar-refractivity contribution in [2.45, 2.75) is 85.0 Å². The molecule has 2 nitrogen and oxygen atoms in total. The number of benzene rings is 1. The zero-order valence-corrected chi connectivity index (χ0v) is 17.0. The third-order valence-electron chi connectivity index (χ3n) is 5.37. The van der Waals surface area contributed by atoms with Crippen LogP contribution in [0.3, 0.4) is 0 Å². The number of rotatable bonds is 5. The predicted molar refractivity (Wildman–Crippen MR) is 100 cm³/mol. The van der Waals surface area contributed by atoms with Gasteiger partial charge in [-0.2, -0.15) is 0 Å². The van der Waals surface area contributed by atoms with Crippen LogP contribution in [-0.4, -0.2) is 13.3 Å². The lowest BCUT2D eigenvalue weighted by Crippen LogP contribution is -2.51. The van der Waals surface area contributed by atoms with E-state index in [1.807, 2.05) is 0 Å². The van der Waals surface area contributed by atoms with E-state index in [-0.39, 0.29) is 5.04 Å². The summed E-state index contributed by atoms with van der Waals surface area (Å²) >= 11 is 0. The fourth-order valence-corrected chi connectivity index (χ4v) is 5.19. The summed E-state index contributed by atoms with van der Waals surface area (Å²) < 4.78 is 0. The molecule has 0 unspecified atom stereocenters. The summed E-state index contributed by atoms with van der Waals surface area (Å²) in [6.45, 7) is 21.5. The van der Waals surface area contributed by atoms with Crippen molar-refractivity contribution in [3.63, 3.8) is 0 Å². The molecule has 0 saturated carbocycles. The number of nitrogens with one attached hydrogen (secondary N) is 1. The molecule has 22 heavy (non-hydrogen) atoms. The molecule has 0 atom stereocenters. The van der Waals surface area contributed by atoms with E-state index in [0.29, 0.717) is 18.4 Å². The molecule has 0 radical (unpaired) electrons. The van der Waals surface area contributed by atoms with E-state index in [1.54, 1.807) is 0 Å². The molecule has 0 heterocycles. The summed E-state index contributed by atoms with van der Waals surface area (Å²) in [6.07, 6.45) is 0. The first-order valence-corrected chi connectivity index (χ1v) is 11.5. The highest BCUT2D eigenvalue weighted by Gasteiger charge is 2.38. The lowest BCUT2D eigenvalue weighted by molar-refractivity contribution is 0.161. The highest BCUT2D eigenvalue weighted by Crippen LogP contribution is 2.37. The third kappa shape index (κ3) is 3.81. The van der Waals surface area contributed by atoms with Crippen LogP contribution in [0.25, 0.3) is 0 Å². The van der Waals surface area contributed by atoms with E-state index in [2.05, 4.69) is 79.2 Å². The topological polar surface area (TPSA) is 32.3 Å². The summed E-state index contributed by atoms with van der Waals surface area (Å²) in [6, 6.07) is 4.78. The smallest absolute Gasteiger partial charge is 0.0863 e. The molecule has 0 aliphatic rings. The average Bonchev–Trinajstić information content (AvgIpc) is 2.36. The molecule has 1 aromatic carbocycles. The molecule has 1 aromatic rings. The number of hydroxylamine groups is 1. The fraction of sp³-hybridized carbons (Fsp3) is 0.684. The van der Waals surface area contributed by atoms with Gasteiger partial charge in [-0.3, -0.25) is 0 Å². The van der Waals surface area contributed by atoms with Crippen LogP contribution in [0, 0.1) is 0 Å². The van der Waals surface area contributed by atoms with Crippen molar-refractivity contribution in [3.8, 4) is 0 Å². The summed E-state index contributed by atoms with van der Waals surface area (Å²) in [5.41, 5.74) is 6.54. The van der Waals surface area contributed by atoms with E-state index in [9.17, 15) is 5.21 Å². The Hall–Kier alpha value is -0.643. The zero-order chi connectivity index (χ0) is 17.3. The second-order valence-corrected chi connectivity index (χ2v) is 13.9. The van der Waals surface area contributed by atoms with Crippen LogP contribution >= 0.6 is 0 Å². The Kier molecular flexibility index (Phi) is 6.05. The molecule has 0 aromatic heterocycles. The second-order valence-electron chi connectivity index (χ2n) is 8.66. The standard InChI is InChI=1S/C19H35NOSi/c1-13(2)16-10-15(12-20-21)18(11-17(16)14(3)4)22(8,9)19(5,6)7/h10-11,13-14,20-21H,12H2,1-9H3. The van der Waals surface area contributed by atoms with Crippen LogP contribution in [-0.2, 0) is 6.54 Å². The van der Waals surface area contributed by atoms with Crippen molar-refractivity contribution in [2.75, 3.05) is 0 Å². The van der Waals surface area contributed by atoms with Crippen LogP contribution < -0.4 is 10.7 Å². The van der Waals surface area contributed by atoms with Gasteiger partial charge in [0.25, 0.3) is 0 Å². The highest BCUT2D eigenvalue weighted by atomic mass is 28.3. The van der Waals surface area contributed by atoms with E-state index in [0.717, 1.165) is 0 Å². The van der Waals surface area contributed by atoms with Gasteiger partial charge in [-0.05, 0) is 33.6 Å². The van der Waals surface area contributed by atoms with Crippen molar-refractivity contribution < 1.29 is 5.21 Å². The largest absolute Gasteiger partial charge is 0.316 e. The molecular formula is C19H35NOSi. The molecule has 1 rings (SSSR count). The summed E-state index contributed by atoms with van der Waals surface area (Å²) in [5.74, 6) is 1.03. The van der Waals surface area contributed by atoms with Crippen molar-refractivity contribution in [1.82, 2.24) is 5.48 Å². The Morgan fingerprint density at radius 3 is 1.82 bits per heavy atom. The van der Waals surface area contributed by atoms with Gasteiger partial charge in [0.2, 0.25) is 0 Å². The Morgan fingerprint density at radius 1 is 1.00 bits per heavy atom. The van der Waals surface area contributed by atoms with Crippen LogP contribution in [0.5, 0.6) is 0 Å². The molecule has 0 aliphatic heterocycles. The second kappa shape index (κ2) is 6.86. The quantitative estimate of drug-likeness (QED) is 0.582. The van der Waals surface area contributed by atoms with Gasteiger partial charge >= 0.3 is 0 Å². The van der Waals surface area contributed by atoms with Gasteiger partial charge in [-0.1, -0.05) is 78.9 Å². The molecule has 0 saturated heterocycles. The number of hydrogen-bond acceptors (Lipinski definition) is 2. The molecular weight excluding hydrogens is 286 g/mol. The Labute approximate surface area is 138 Å². The molecule has 3 heteroatoms. The minimum Gasteiger partial charge on any atom is -0.316 e. The minimum absolute atomic E-state index is 0.283. The molecule has 0 bridgehead atoms. The highest BCUT2D eigenvalue weighted by molar-refractivity contribution is 6.92. The monoisotopic (exact) mass is 321 g/mol. The van der Waals surface area contributed by atoms with E-state index in [1.165, 1.54) is 21.9 Å². The molecule has 0 aliphatic carbocycles. The van der Waals surface area contributed by atoms with E-state index < -0.39 is 8.07 Å². The molecule has 0 fully saturated rings. The van der Waals surface area contributed by atoms with Gasteiger partial charge in [0, 0.05) is 6.54 Å². The number of hydrogen-bond donors (Lipinski definition) is 2. The van der Waals surface area contributed by atoms with Crippen molar-refractivity contribution >= 4 is 13.3 Å². The van der Waals surface area contributed by atoms with Gasteiger partial charge in [-0.25, -0.2) is 5.48 Å². The minimum atomic E-state index is -1.65. The summed E-state index contributed by atoms with van der Waals surface area (Å²) in [5, 5.41) is 11.0. The lowest BCUT2D eigenvalue weighted by atomic mass is 9.89. The summed E-state index contributed by atoms with van der Waals surface area (Å²) in [4.78, 5) is 0. The first kappa shape index (κ1) is 19.4. The first-order chi connectivity index (χ1) is 9.93. The normalized spacial score (nSPS) is 13.3. The summed E-state index contributed by atoms with van der Waals surface area (Å²) in [7, 11) is -1.65. The fourth-order valence-electron chi connectivity index (χ4n) is 2.90. The van der Waals surface area contributed by atoms with Crippen LogP contribution in [0.4, 0.5) is 0 Å². The maximum Gasteiger partial charge on any atom is 0.0863 e. The molecule has 0 amide bonds. The van der Waals surface area contributed by atoms with Crippen LogP contribution in [0.1, 0.15) is 77.0 Å². The van der Waals surface area contributed by atoms with Crippen molar-refractivity contribution in [2.24, 2.45) is 0 Å². The Balaban J connectivity index is 3.65. The third-order valence-corrected chi connectivity index (χ3v) is 10.9. The van der Waals surface area contributed by atoms with E-state index in [4.69, 9.17) is 0 Å². The lowest BCUT2D eigenvalue weighted by Gasteiger charge is -2.39. The van der Waals surface area contributed by atoms with Gasteiger partial charge in [-0.15, -0.1) is 0 Å². The van der Waals surface area contributed by atoms with Crippen LogP contribution in [0.15, 0.2) is 12.1 Å². The SMILES string of the molecule is CC(C)c1cc(CNO)c([Si](C)(C)C(C)(C)C)cc1C(C)C.